The van der Waals surface area contributed by atoms with Gasteiger partial charge in [-0.2, -0.15) is 5.10 Å². The van der Waals surface area contributed by atoms with Crippen LogP contribution in [-0.2, 0) is 0 Å². The summed E-state index contributed by atoms with van der Waals surface area (Å²) in [5.41, 5.74) is 5.49. The van der Waals surface area contributed by atoms with Crippen molar-refractivity contribution >= 4 is 17.2 Å². The predicted octanol–water partition coefficient (Wildman–Crippen LogP) is 5.25. The van der Waals surface area contributed by atoms with Gasteiger partial charge in [0.05, 0.1) is 18.5 Å². The number of nitrogens with zero attached hydrogens (tertiary/aromatic N) is 3. The van der Waals surface area contributed by atoms with Gasteiger partial charge in [-0.25, -0.2) is 0 Å². The maximum Gasteiger partial charge on any atom is 0.201 e. The molecule has 0 spiro atoms. The monoisotopic (exact) mass is 330 g/mol. The number of amidine groups is 1. The molecule has 1 N–H and O–H groups in total. The second kappa shape index (κ2) is 8.40. The highest BCUT2D eigenvalue weighted by Crippen LogP contribution is 2.16. The summed E-state index contributed by atoms with van der Waals surface area (Å²) in [5.74, 6) is 1.26. The number of rotatable bonds is 5. The van der Waals surface area contributed by atoms with Gasteiger partial charge in [0.15, 0.2) is 0 Å². The fourth-order valence-corrected chi connectivity index (χ4v) is 2.11. The van der Waals surface area contributed by atoms with Gasteiger partial charge in [-0.3, -0.25) is 5.43 Å². The van der Waals surface area contributed by atoms with Crippen LogP contribution in [0.5, 0.6) is 5.75 Å². The van der Waals surface area contributed by atoms with Gasteiger partial charge in [0.1, 0.15) is 5.75 Å². The summed E-state index contributed by atoms with van der Waals surface area (Å²) in [5, 5.41) is 13.0. The van der Waals surface area contributed by atoms with Gasteiger partial charge in [-0.15, -0.1) is 10.2 Å². The minimum atomic E-state index is 0.482. The Morgan fingerprint density at radius 3 is 2.08 bits per heavy atom. The van der Waals surface area contributed by atoms with E-state index in [2.05, 4.69) is 20.8 Å². The van der Waals surface area contributed by atoms with E-state index in [0.29, 0.717) is 5.84 Å². The second-order valence-corrected chi connectivity index (χ2v) is 5.18. The molecule has 0 unspecified atom stereocenters. The summed E-state index contributed by atoms with van der Waals surface area (Å²) in [6, 6.07) is 26.8. The molecule has 0 saturated carbocycles. The van der Waals surface area contributed by atoms with E-state index in [9.17, 15) is 0 Å². The summed E-state index contributed by atoms with van der Waals surface area (Å²) < 4.78 is 5.20. The number of benzene rings is 3. The van der Waals surface area contributed by atoms with Crippen LogP contribution in [0.1, 0.15) is 5.56 Å². The molecule has 0 fully saturated rings. The van der Waals surface area contributed by atoms with Gasteiger partial charge in [0.25, 0.3) is 0 Å². The number of hydrogen-bond acceptors (Lipinski definition) is 4. The Hall–Kier alpha value is -3.47. The molecule has 5 nitrogen and oxygen atoms in total. The smallest absolute Gasteiger partial charge is 0.201 e. The van der Waals surface area contributed by atoms with Crippen LogP contribution in [0.2, 0.25) is 0 Å². The van der Waals surface area contributed by atoms with Crippen molar-refractivity contribution in [2.24, 2.45) is 15.3 Å². The molecule has 0 saturated heterocycles. The average molecular weight is 330 g/mol. The van der Waals surface area contributed by atoms with Crippen LogP contribution in [0.15, 0.2) is 100 Å². The molecule has 0 bridgehead atoms. The number of methoxy groups -OCH3 is 1. The van der Waals surface area contributed by atoms with Gasteiger partial charge in [0, 0.05) is 5.56 Å². The lowest BCUT2D eigenvalue weighted by Crippen LogP contribution is -2.01. The van der Waals surface area contributed by atoms with E-state index >= 15 is 0 Å². The molecule has 5 heteroatoms. The number of para-hydroxylation sites is 1. The lowest BCUT2D eigenvalue weighted by molar-refractivity contribution is 0.415. The van der Waals surface area contributed by atoms with Crippen LogP contribution in [0.4, 0.5) is 11.4 Å². The van der Waals surface area contributed by atoms with Crippen molar-refractivity contribution in [1.82, 2.24) is 0 Å². The fraction of sp³-hybridized carbons (Fsp3) is 0.0500. The summed E-state index contributed by atoms with van der Waals surface area (Å²) in [6.45, 7) is 0. The van der Waals surface area contributed by atoms with Crippen LogP contribution in [0, 0.1) is 0 Å². The van der Waals surface area contributed by atoms with Crippen LogP contribution in [-0.4, -0.2) is 12.9 Å². The van der Waals surface area contributed by atoms with E-state index in [1.54, 1.807) is 7.11 Å². The Labute approximate surface area is 146 Å². The van der Waals surface area contributed by atoms with Gasteiger partial charge < -0.3 is 4.74 Å². The number of azo groups is 1. The number of ether oxygens (including phenoxy) is 1. The largest absolute Gasteiger partial charge is 0.497 e. The lowest BCUT2D eigenvalue weighted by atomic mass is 10.2. The standard InChI is InChI=1S/C20H18N4O/c1-25-19-14-12-16(13-15-19)20(23-21-17-8-4-2-5-9-17)24-22-18-10-6-3-7-11-18/h2-15,21H,1H3/b23-20+,24-22?. The maximum absolute atomic E-state index is 5.20. The van der Waals surface area contributed by atoms with Gasteiger partial charge >= 0.3 is 0 Å². The van der Waals surface area contributed by atoms with E-state index in [4.69, 9.17) is 4.74 Å². The van der Waals surface area contributed by atoms with E-state index in [1.807, 2.05) is 84.9 Å². The SMILES string of the molecule is COc1ccc(/C(N=Nc2ccccc2)=N\Nc2ccccc2)cc1. The minimum Gasteiger partial charge on any atom is -0.497 e. The predicted molar refractivity (Wildman–Crippen MR) is 101 cm³/mol. The Bertz CT molecular complexity index is 844. The zero-order chi connectivity index (χ0) is 17.3. The quantitative estimate of drug-likeness (QED) is 0.300. The zero-order valence-corrected chi connectivity index (χ0v) is 13.8. The van der Waals surface area contributed by atoms with E-state index in [1.165, 1.54) is 0 Å². The first kappa shape index (κ1) is 16.4. The molecule has 0 aromatic heterocycles. The highest BCUT2D eigenvalue weighted by atomic mass is 16.5. The maximum atomic E-state index is 5.20. The summed E-state index contributed by atoms with van der Waals surface area (Å²) in [4.78, 5) is 0. The van der Waals surface area contributed by atoms with Crippen LogP contribution < -0.4 is 10.2 Å². The molecule has 25 heavy (non-hydrogen) atoms. The summed E-state index contributed by atoms with van der Waals surface area (Å²) >= 11 is 0. The summed E-state index contributed by atoms with van der Waals surface area (Å²) in [7, 11) is 1.63. The van der Waals surface area contributed by atoms with Crippen molar-refractivity contribution in [2.45, 2.75) is 0 Å². The number of nitrogens with one attached hydrogen (secondary N) is 1. The van der Waals surface area contributed by atoms with Crippen LogP contribution >= 0.6 is 0 Å². The molecule has 0 atom stereocenters. The lowest BCUT2D eigenvalue weighted by Gasteiger charge is -2.04. The number of hydrazone groups is 1. The van der Waals surface area contributed by atoms with Crippen molar-refractivity contribution in [2.75, 3.05) is 12.5 Å². The van der Waals surface area contributed by atoms with Crippen molar-refractivity contribution in [3.8, 4) is 5.75 Å². The van der Waals surface area contributed by atoms with E-state index < -0.39 is 0 Å². The molecule has 3 aromatic rings. The first-order valence-corrected chi connectivity index (χ1v) is 7.85. The molecular weight excluding hydrogens is 312 g/mol. The van der Waals surface area contributed by atoms with Crippen molar-refractivity contribution < 1.29 is 4.74 Å². The molecular formula is C20H18N4O. The fourth-order valence-electron chi connectivity index (χ4n) is 2.11. The highest BCUT2D eigenvalue weighted by Gasteiger charge is 2.04. The van der Waals surface area contributed by atoms with Crippen molar-refractivity contribution in [3.05, 3.63) is 90.5 Å². The Morgan fingerprint density at radius 2 is 1.44 bits per heavy atom. The molecule has 0 aliphatic carbocycles. The molecule has 0 radical (unpaired) electrons. The second-order valence-electron chi connectivity index (χ2n) is 5.18. The normalized spacial score (nSPS) is 11.5. The molecule has 3 rings (SSSR count). The third-order valence-corrected chi connectivity index (χ3v) is 3.43. The molecule has 0 amide bonds. The van der Waals surface area contributed by atoms with Crippen LogP contribution in [0.25, 0.3) is 0 Å². The third kappa shape index (κ3) is 4.75. The highest BCUT2D eigenvalue weighted by molar-refractivity contribution is 5.99. The first-order chi connectivity index (χ1) is 12.3. The summed E-state index contributed by atoms with van der Waals surface area (Å²) in [6.07, 6.45) is 0. The Morgan fingerprint density at radius 1 is 0.800 bits per heavy atom. The van der Waals surface area contributed by atoms with Gasteiger partial charge in [0.2, 0.25) is 5.84 Å². The van der Waals surface area contributed by atoms with E-state index in [-0.39, 0.29) is 0 Å². The molecule has 3 aromatic carbocycles. The van der Waals surface area contributed by atoms with E-state index in [0.717, 1.165) is 22.7 Å². The van der Waals surface area contributed by atoms with Crippen LogP contribution in [0.3, 0.4) is 0 Å². The molecule has 0 aliphatic heterocycles. The van der Waals surface area contributed by atoms with Gasteiger partial charge in [-0.05, 0) is 48.5 Å². The van der Waals surface area contributed by atoms with Crippen molar-refractivity contribution in [1.29, 1.82) is 0 Å². The molecule has 124 valence electrons. The first-order valence-electron chi connectivity index (χ1n) is 7.85. The van der Waals surface area contributed by atoms with Crippen molar-refractivity contribution in [3.63, 3.8) is 0 Å². The minimum absolute atomic E-state index is 0.482. The van der Waals surface area contributed by atoms with Gasteiger partial charge in [-0.1, -0.05) is 36.4 Å². The molecule has 0 aliphatic rings. The Kier molecular flexibility index (Phi) is 5.51. The topological polar surface area (TPSA) is 58.3 Å². The average Bonchev–Trinajstić information content (AvgIpc) is 2.70. The third-order valence-electron chi connectivity index (χ3n) is 3.43. The number of hydrogen-bond donors (Lipinski definition) is 1. The Balaban J connectivity index is 1.88. The zero-order valence-electron chi connectivity index (χ0n) is 13.8. The molecule has 0 heterocycles. The number of anilines is 1.